The lowest BCUT2D eigenvalue weighted by molar-refractivity contribution is 0.352. The van der Waals surface area contributed by atoms with Gasteiger partial charge < -0.3 is 16.0 Å². The molecule has 0 atom stereocenters. The monoisotopic (exact) mass is 242 g/mol. The Morgan fingerprint density at radius 3 is 2.21 bits per heavy atom. The molecule has 0 amide bonds. The van der Waals surface area contributed by atoms with Gasteiger partial charge in [-0.25, -0.2) is 0 Å². The third-order valence-electron chi connectivity index (χ3n) is 1.72. The van der Waals surface area contributed by atoms with Gasteiger partial charge in [0.15, 0.2) is 5.82 Å². The third kappa shape index (κ3) is 3.79. The summed E-state index contributed by atoms with van der Waals surface area (Å²) in [6.45, 7) is 2.86. The van der Waals surface area contributed by atoms with Gasteiger partial charge in [-0.2, -0.15) is 4.98 Å². The first-order chi connectivity index (χ1) is 5.81. The molecular formula is C7H16Cl2N4O. The van der Waals surface area contributed by atoms with Crippen molar-refractivity contribution in [2.45, 2.75) is 19.3 Å². The van der Waals surface area contributed by atoms with Gasteiger partial charge in [-0.05, 0) is 0 Å². The maximum atomic E-state index is 5.46. The summed E-state index contributed by atoms with van der Waals surface area (Å²) < 4.78 is 4.98. The minimum atomic E-state index is -0.00204. The quantitative estimate of drug-likeness (QED) is 0.802. The number of aryl methyl sites for hydroxylation is 1. The van der Waals surface area contributed by atoms with Gasteiger partial charge in [-0.15, -0.1) is 24.8 Å². The molecule has 0 aliphatic rings. The van der Waals surface area contributed by atoms with Crippen LogP contribution in [-0.2, 0) is 6.42 Å². The number of halogens is 2. The molecule has 0 saturated heterocycles. The van der Waals surface area contributed by atoms with Crippen molar-refractivity contribution in [2.24, 2.45) is 11.5 Å². The van der Waals surface area contributed by atoms with Crippen LogP contribution in [0.1, 0.15) is 24.6 Å². The number of aromatic nitrogens is 2. The fourth-order valence-electron chi connectivity index (χ4n) is 0.875. The highest BCUT2D eigenvalue weighted by Crippen LogP contribution is 2.10. The lowest BCUT2D eigenvalue weighted by Crippen LogP contribution is -2.21. The van der Waals surface area contributed by atoms with Crippen molar-refractivity contribution in [2.75, 3.05) is 13.1 Å². The summed E-state index contributed by atoms with van der Waals surface area (Å²) in [6.07, 6.45) is 0.769. The highest BCUT2D eigenvalue weighted by molar-refractivity contribution is 5.85. The fourth-order valence-corrected chi connectivity index (χ4v) is 0.875. The van der Waals surface area contributed by atoms with Crippen LogP contribution in [-0.4, -0.2) is 23.2 Å². The van der Waals surface area contributed by atoms with Gasteiger partial charge in [0, 0.05) is 19.5 Å². The lowest BCUT2D eigenvalue weighted by atomic mass is 10.1. The van der Waals surface area contributed by atoms with Crippen LogP contribution in [0.4, 0.5) is 0 Å². The number of nitrogens with two attached hydrogens (primary N) is 2. The second-order valence-electron chi connectivity index (χ2n) is 2.57. The molecule has 0 fully saturated rings. The van der Waals surface area contributed by atoms with Crippen molar-refractivity contribution in [3.05, 3.63) is 11.7 Å². The Morgan fingerprint density at radius 2 is 1.86 bits per heavy atom. The smallest absolute Gasteiger partial charge is 0.232 e. The molecule has 1 heterocycles. The van der Waals surface area contributed by atoms with Crippen molar-refractivity contribution >= 4 is 24.8 Å². The van der Waals surface area contributed by atoms with Crippen molar-refractivity contribution in [3.8, 4) is 0 Å². The summed E-state index contributed by atoms with van der Waals surface area (Å²) in [7, 11) is 0. The summed E-state index contributed by atoms with van der Waals surface area (Å²) in [4.78, 5) is 4.13. The van der Waals surface area contributed by atoms with Gasteiger partial charge in [-0.1, -0.05) is 12.1 Å². The van der Waals surface area contributed by atoms with Crippen molar-refractivity contribution in [1.29, 1.82) is 0 Å². The number of nitrogens with zero attached hydrogens (tertiary/aromatic N) is 2. The molecule has 7 heteroatoms. The second-order valence-corrected chi connectivity index (χ2v) is 2.57. The highest BCUT2D eigenvalue weighted by Gasteiger charge is 2.14. The van der Waals surface area contributed by atoms with E-state index in [1.54, 1.807) is 0 Å². The van der Waals surface area contributed by atoms with Crippen LogP contribution in [0, 0.1) is 0 Å². The molecule has 14 heavy (non-hydrogen) atoms. The van der Waals surface area contributed by atoms with Crippen molar-refractivity contribution < 1.29 is 4.52 Å². The van der Waals surface area contributed by atoms with E-state index in [1.165, 1.54) is 0 Å². The summed E-state index contributed by atoms with van der Waals surface area (Å²) in [5.74, 6) is 1.26. The first-order valence-electron chi connectivity index (χ1n) is 4.04. The summed E-state index contributed by atoms with van der Waals surface area (Å²) >= 11 is 0. The zero-order valence-electron chi connectivity index (χ0n) is 7.97. The first-order valence-corrected chi connectivity index (χ1v) is 4.04. The molecule has 0 radical (unpaired) electrons. The molecule has 0 aliphatic carbocycles. The van der Waals surface area contributed by atoms with Crippen molar-refractivity contribution in [3.63, 3.8) is 0 Å². The molecule has 1 rings (SSSR count). The van der Waals surface area contributed by atoms with E-state index in [2.05, 4.69) is 10.1 Å². The molecule has 0 unspecified atom stereocenters. The number of hydrogen-bond donors (Lipinski definition) is 2. The summed E-state index contributed by atoms with van der Waals surface area (Å²) in [5, 5.41) is 3.75. The fraction of sp³-hybridized carbons (Fsp3) is 0.714. The average Bonchev–Trinajstić information content (AvgIpc) is 2.55. The molecule has 1 aromatic heterocycles. The van der Waals surface area contributed by atoms with Crippen LogP contribution in [0.15, 0.2) is 4.52 Å². The standard InChI is InChI=1S/C7H14N4O.2ClH/c1-2-6-10-7(12-11-6)5(3-8)4-9;;/h5H,2-4,8-9H2,1H3;2*1H. The van der Waals surface area contributed by atoms with Gasteiger partial charge in [0.2, 0.25) is 5.89 Å². The van der Waals surface area contributed by atoms with E-state index in [1.807, 2.05) is 6.92 Å². The van der Waals surface area contributed by atoms with Crippen molar-refractivity contribution in [1.82, 2.24) is 10.1 Å². The Kier molecular flexibility index (Phi) is 9.18. The molecule has 0 bridgehead atoms. The molecular weight excluding hydrogens is 227 g/mol. The zero-order valence-corrected chi connectivity index (χ0v) is 9.61. The SMILES string of the molecule is CCc1noc(C(CN)CN)n1.Cl.Cl. The Hall–Kier alpha value is -0.360. The molecule has 0 aromatic carbocycles. The van der Waals surface area contributed by atoms with Gasteiger partial charge in [0.1, 0.15) is 0 Å². The lowest BCUT2D eigenvalue weighted by Gasteiger charge is -2.03. The van der Waals surface area contributed by atoms with E-state index < -0.39 is 0 Å². The molecule has 1 aromatic rings. The zero-order chi connectivity index (χ0) is 8.97. The largest absolute Gasteiger partial charge is 0.339 e. The predicted octanol–water partition coefficient (Wildman–Crippen LogP) is 0.477. The molecule has 5 nitrogen and oxygen atoms in total. The molecule has 0 spiro atoms. The average molecular weight is 243 g/mol. The minimum absolute atomic E-state index is 0. The first kappa shape index (κ1) is 16.1. The van der Waals surface area contributed by atoms with E-state index in [0.29, 0.717) is 24.8 Å². The maximum absolute atomic E-state index is 5.46. The molecule has 0 saturated carbocycles. The number of rotatable bonds is 4. The topological polar surface area (TPSA) is 91.0 Å². The Bertz CT molecular complexity index is 239. The Morgan fingerprint density at radius 1 is 1.29 bits per heavy atom. The summed E-state index contributed by atoms with van der Waals surface area (Å²) in [5.41, 5.74) is 10.9. The van der Waals surface area contributed by atoms with E-state index in [-0.39, 0.29) is 30.7 Å². The van der Waals surface area contributed by atoms with Crippen LogP contribution in [0.3, 0.4) is 0 Å². The predicted molar refractivity (Wildman–Crippen MR) is 59.0 cm³/mol. The van der Waals surface area contributed by atoms with Crippen LogP contribution in [0.2, 0.25) is 0 Å². The molecule has 0 aliphatic heterocycles. The van der Waals surface area contributed by atoms with Crippen LogP contribution >= 0.6 is 24.8 Å². The third-order valence-corrected chi connectivity index (χ3v) is 1.72. The van der Waals surface area contributed by atoms with E-state index >= 15 is 0 Å². The van der Waals surface area contributed by atoms with Gasteiger partial charge >= 0.3 is 0 Å². The molecule has 84 valence electrons. The molecule has 4 N–H and O–H groups in total. The summed E-state index contributed by atoms with van der Waals surface area (Å²) in [6, 6.07) is 0. The van der Waals surface area contributed by atoms with Crippen LogP contribution < -0.4 is 11.5 Å². The van der Waals surface area contributed by atoms with Gasteiger partial charge in [0.25, 0.3) is 0 Å². The maximum Gasteiger partial charge on any atom is 0.232 e. The van der Waals surface area contributed by atoms with Gasteiger partial charge in [0.05, 0.1) is 5.92 Å². The van der Waals surface area contributed by atoms with Gasteiger partial charge in [-0.3, -0.25) is 0 Å². The van der Waals surface area contributed by atoms with Crippen LogP contribution in [0.25, 0.3) is 0 Å². The second kappa shape index (κ2) is 7.99. The normalized spacial score (nSPS) is 9.43. The van der Waals surface area contributed by atoms with Crippen LogP contribution in [0.5, 0.6) is 0 Å². The van der Waals surface area contributed by atoms with E-state index in [9.17, 15) is 0 Å². The Labute approximate surface area is 95.4 Å². The highest BCUT2D eigenvalue weighted by atomic mass is 35.5. The van der Waals surface area contributed by atoms with E-state index in [0.717, 1.165) is 6.42 Å². The minimum Gasteiger partial charge on any atom is -0.339 e. The number of hydrogen-bond acceptors (Lipinski definition) is 5. The Balaban J connectivity index is 0. The van der Waals surface area contributed by atoms with E-state index in [4.69, 9.17) is 16.0 Å².